The summed E-state index contributed by atoms with van der Waals surface area (Å²) in [6.07, 6.45) is 1.58. The average molecular weight is 448 g/mol. The van der Waals surface area contributed by atoms with Crippen molar-refractivity contribution in [2.75, 3.05) is 18.2 Å². The van der Waals surface area contributed by atoms with Crippen LogP contribution in [-0.4, -0.2) is 38.9 Å². The lowest BCUT2D eigenvalue weighted by Gasteiger charge is -2.05. The van der Waals surface area contributed by atoms with Gasteiger partial charge in [-0.05, 0) is 30.3 Å². The maximum absolute atomic E-state index is 12.2. The van der Waals surface area contributed by atoms with Crippen molar-refractivity contribution in [1.29, 1.82) is 0 Å². The summed E-state index contributed by atoms with van der Waals surface area (Å²) in [5.74, 6) is 1.72. The van der Waals surface area contributed by atoms with Crippen LogP contribution in [0.15, 0.2) is 51.5 Å². The van der Waals surface area contributed by atoms with E-state index in [0.717, 1.165) is 0 Å². The first kappa shape index (κ1) is 19.5. The predicted octanol–water partition coefficient (Wildman–Crippen LogP) is 4.58. The molecule has 3 aromatic heterocycles. The largest absolute Gasteiger partial charge is 0.496 e. The minimum absolute atomic E-state index is 0.139. The highest BCUT2D eigenvalue weighted by atomic mass is 35.5. The minimum Gasteiger partial charge on any atom is -0.496 e. The lowest BCUT2D eigenvalue weighted by atomic mass is 10.2. The Morgan fingerprint density at radius 3 is 3.07 bits per heavy atom. The van der Waals surface area contributed by atoms with E-state index in [1.165, 1.54) is 23.1 Å². The van der Waals surface area contributed by atoms with Crippen molar-refractivity contribution in [2.45, 2.75) is 5.16 Å². The van der Waals surface area contributed by atoms with Gasteiger partial charge >= 0.3 is 0 Å². The van der Waals surface area contributed by atoms with Gasteiger partial charge in [0.15, 0.2) is 16.7 Å². The van der Waals surface area contributed by atoms with Crippen molar-refractivity contribution >= 4 is 45.7 Å². The number of benzene rings is 1. The molecule has 3 heterocycles. The molecule has 0 saturated heterocycles. The van der Waals surface area contributed by atoms with Crippen LogP contribution in [0.3, 0.4) is 0 Å². The Hall–Kier alpha value is -2.82. The van der Waals surface area contributed by atoms with Crippen LogP contribution in [0.5, 0.6) is 5.75 Å². The highest BCUT2D eigenvalue weighted by molar-refractivity contribution is 7.99. The predicted molar refractivity (Wildman–Crippen MR) is 113 cm³/mol. The molecule has 148 valence electrons. The number of thioether (sulfide) groups is 1. The first-order valence-electron chi connectivity index (χ1n) is 8.31. The molecule has 0 bridgehead atoms. The topological polar surface area (TPSA) is 106 Å². The number of thiazole rings is 1. The second-order valence-corrected chi connectivity index (χ2v) is 7.90. The fourth-order valence-electron chi connectivity index (χ4n) is 2.45. The molecule has 0 fully saturated rings. The van der Waals surface area contributed by atoms with Crippen LogP contribution >= 0.6 is 34.7 Å². The average Bonchev–Trinajstić information content (AvgIpc) is 3.47. The Bertz CT molecular complexity index is 1130. The highest BCUT2D eigenvalue weighted by Gasteiger charge is 2.14. The Morgan fingerprint density at radius 1 is 1.38 bits per heavy atom. The molecule has 0 spiro atoms. The second kappa shape index (κ2) is 8.68. The Kier molecular flexibility index (Phi) is 5.84. The number of hydrogen-bond acceptors (Lipinski definition) is 8. The van der Waals surface area contributed by atoms with E-state index in [0.29, 0.717) is 43.9 Å². The minimum atomic E-state index is -0.206. The number of hydrogen-bond donors (Lipinski definition) is 2. The lowest BCUT2D eigenvalue weighted by molar-refractivity contribution is -0.113. The molecule has 0 unspecified atom stereocenters. The zero-order chi connectivity index (χ0) is 20.2. The number of nitrogens with zero attached hydrogens (tertiary/aromatic N) is 3. The molecule has 0 aliphatic carbocycles. The van der Waals surface area contributed by atoms with Crippen LogP contribution in [0, 0.1) is 0 Å². The third kappa shape index (κ3) is 4.61. The van der Waals surface area contributed by atoms with Gasteiger partial charge in [0.2, 0.25) is 11.1 Å². The molecule has 4 aromatic rings. The Labute approximate surface area is 178 Å². The SMILES string of the molecule is COc1ccc(Cl)cc1-c1nc(SCC(=O)Nc2nc(-c3ccco3)cs2)n[nH]1. The molecule has 0 radical (unpaired) electrons. The third-order valence-electron chi connectivity index (χ3n) is 3.74. The molecule has 8 nitrogen and oxygen atoms in total. The van der Waals surface area contributed by atoms with E-state index in [1.54, 1.807) is 37.6 Å². The van der Waals surface area contributed by atoms with E-state index in [1.807, 2.05) is 11.4 Å². The Balaban J connectivity index is 1.36. The Morgan fingerprint density at radius 2 is 2.28 bits per heavy atom. The van der Waals surface area contributed by atoms with Gasteiger partial charge in [0, 0.05) is 10.4 Å². The molecule has 4 rings (SSSR count). The van der Waals surface area contributed by atoms with Crippen LogP contribution in [0.4, 0.5) is 5.13 Å². The molecule has 0 saturated carbocycles. The van der Waals surface area contributed by atoms with Crippen LogP contribution < -0.4 is 10.1 Å². The number of amides is 1. The van der Waals surface area contributed by atoms with Crippen molar-refractivity contribution < 1.29 is 13.9 Å². The molecular weight excluding hydrogens is 434 g/mol. The lowest BCUT2D eigenvalue weighted by Crippen LogP contribution is -2.13. The molecule has 2 N–H and O–H groups in total. The maximum Gasteiger partial charge on any atom is 0.236 e. The van der Waals surface area contributed by atoms with Crippen LogP contribution in [0.2, 0.25) is 5.02 Å². The van der Waals surface area contributed by atoms with Crippen molar-refractivity contribution in [3.05, 3.63) is 47.0 Å². The second-order valence-electron chi connectivity index (χ2n) is 5.66. The molecular formula is C18H14ClN5O3S2. The van der Waals surface area contributed by atoms with Crippen LogP contribution in [-0.2, 0) is 4.79 Å². The van der Waals surface area contributed by atoms with Gasteiger partial charge in [0.05, 0.1) is 24.7 Å². The number of anilines is 1. The number of aromatic nitrogens is 4. The van der Waals surface area contributed by atoms with Crippen molar-refractivity contribution in [1.82, 2.24) is 20.2 Å². The van der Waals surface area contributed by atoms with Crippen LogP contribution in [0.25, 0.3) is 22.8 Å². The van der Waals surface area contributed by atoms with Gasteiger partial charge in [-0.2, -0.15) is 0 Å². The molecule has 11 heteroatoms. The van der Waals surface area contributed by atoms with Crippen molar-refractivity contribution in [3.8, 4) is 28.6 Å². The smallest absolute Gasteiger partial charge is 0.236 e. The van der Waals surface area contributed by atoms with Gasteiger partial charge in [0.25, 0.3) is 0 Å². The van der Waals surface area contributed by atoms with Gasteiger partial charge in [-0.25, -0.2) is 9.97 Å². The van der Waals surface area contributed by atoms with Crippen molar-refractivity contribution in [2.24, 2.45) is 0 Å². The fourth-order valence-corrected chi connectivity index (χ4v) is 3.94. The molecule has 1 amide bonds. The quantitative estimate of drug-likeness (QED) is 0.399. The number of halogens is 1. The van der Waals surface area contributed by atoms with E-state index in [9.17, 15) is 4.79 Å². The number of carbonyl (C=O) groups is 1. The molecule has 0 atom stereocenters. The summed E-state index contributed by atoms with van der Waals surface area (Å²) in [6.45, 7) is 0. The molecule has 29 heavy (non-hydrogen) atoms. The van der Waals surface area contributed by atoms with Gasteiger partial charge < -0.3 is 14.5 Å². The number of methoxy groups -OCH3 is 1. The molecule has 0 aliphatic rings. The fraction of sp³-hybridized carbons (Fsp3) is 0.111. The monoisotopic (exact) mass is 447 g/mol. The van der Waals surface area contributed by atoms with Gasteiger partial charge in [-0.1, -0.05) is 23.4 Å². The van der Waals surface area contributed by atoms with E-state index in [4.69, 9.17) is 20.8 Å². The molecule has 0 aliphatic heterocycles. The molecule has 1 aromatic carbocycles. The normalized spacial score (nSPS) is 10.8. The van der Waals surface area contributed by atoms with Gasteiger partial charge in [0.1, 0.15) is 11.4 Å². The summed E-state index contributed by atoms with van der Waals surface area (Å²) in [5, 5.41) is 13.1. The van der Waals surface area contributed by atoms with Gasteiger partial charge in [-0.3, -0.25) is 9.89 Å². The van der Waals surface area contributed by atoms with E-state index >= 15 is 0 Å². The number of nitrogens with one attached hydrogen (secondary N) is 2. The summed E-state index contributed by atoms with van der Waals surface area (Å²) in [5.41, 5.74) is 1.37. The number of furan rings is 1. The first-order chi connectivity index (χ1) is 14.1. The van der Waals surface area contributed by atoms with E-state index in [2.05, 4.69) is 25.5 Å². The zero-order valence-electron chi connectivity index (χ0n) is 15.0. The van der Waals surface area contributed by atoms with Crippen molar-refractivity contribution in [3.63, 3.8) is 0 Å². The highest BCUT2D eigenvalue weighted by Crippen LogP contribution is 2.31. The number of aromatic amines is 1. The number of H-pyrrole nitrogens is 1. The number of ether oxygens (including phenoxy) is 1. The number of rotatable bonds is 7. The summed E-state index contributed by atoms with van der Waals surface area (Å²) in [7, 11) is 1.57. The van der Waals surface area contributed by atoms with Crippen LogP contribution in [0.1, 0.15) is 0 Å². The summed E-state index contributed by atoms with van der Waals surface area (Å²) < 4.78 is 10.6. The summed E-state index contributed by atoms with van der Waals surface area (Å²) in [6, 6.07) is 8.82. The van der Waals surface area contributed by atoms with E-state index < -0.39 is 0 Å². The first-order valence-corrected chi connectivity index (χ1v) is 10.5. The summed E-state index contributed by atoms with van der Waals surface area (Å²) >= 11 is 8.59. The third-order valence-corrected chi connectivity index (χ3v) is 5.58. The summed E-state index contributed by atoms with van der Waals surface area (Å²) in [4.78, 5) is 20.9. The van der Waals surface area contributed by atoms with E-state index in [-0.39, 0.29) is 11.7 Å². The number of carbonyl (C=O) groups excluding carboxylic acids is 1. The zero-order valence-corrected chi connectivity index (χ0v) is 17.4. The van der Waals surface area contributed by atoms with Gasteiger partial charge in [-0.15, -0.1) is 16.4 Å². The maximum atomic E-state index is 12.2. The standard InChI is InChI=1S/C18H14ClN5O3S2/c1-26-13-5-4-10(19)7-11(13)16-22-18(24-23-16)29-9-15(25)21-17-20-12(8-28-17)14-3-2-6-27-14/h2-8H,9H2,1H3,(H,20,21,25)(H,22,23,24).